The maximum atomic E-state index is 5.31. The molecule has 0 N–H and O–H groups in total. The van der Waals surface area contributed by atoms with Crippen molar-refractivity contribution in [3.8, 4) is 72.5 Å². The molecule has 7 nitrogen and oxygen atoms in total. The minimum absolute atomic E-state index is 0.856. The first kappa shape index (κ1) is 85.4. The van der Waals surface area contributed by atoms with Crippen molar-refractivity contribution in [2.45, 2.75) is 13.8 Å². The average molecular weight is 1720 g/mol. The number of rotatable bonds is 22. The largest absolute Gasteiger partial charge is 0.497 e. The van der Waals surface area contributed by atoms with E-state index in [-0.39, 0.29) is 0 Å². The van der Waals surface area contributed by atoms with Gasteiger partial charge in [-0.05, 0) is 313 Å². The van der Waals surface area contributed by atoms with E-state index in [1.165, 1.54) is 122 Å². The fourth-order valence-electron chi connectivity index (χ4n) is 17.6. The minimum Gasteiger partial charge on any atom is -0.497 e. The predicted octanol–water partition coefficient (Wildman–Crippen LogP) is 34.9. The molecule has 0 unspecified atom stereocenters. The summed E-state index contributed by atoms with van der Waals surface area (Å²) in [6.07, 6.45) is 0. The van der Waals surface area contributed by atoms with Crippen LogP contribution in [0.1, 0.15) is 11.1 Å². The summed E-state index contributed by atoms with van der Waals surface area (Å²) in [7, 11) is 8.00. The summed E-state index contributed by atoms with van der Waals surface area (Å²) in [4.78, 5) is 13.7. The molecule has 0 saturated heterocycles. The summed E-state index contributed by atoms with van der Waals surface area (Å²) in [5.41, 5.74) is 33.9. The summed E-state index contributed by atoms with van der Waals surface area (Å²) in [6.45, 7) is 4.25. The number of aryl methyl sites for hydroxylation is 2. The standard InChI is InChI=1S/C42H34N2O.2C42H34N2/c1-43(38-25-27-42(45-2)28-26-38)37-20-15-33(16-21-37)34-17-22-39(23-18-34)44(41-24-19-32-11-6-7-12-35(32)30-41)40-14-8-13-36(29-40)31-9-4-3-5-10-31;1-31-10-8-16-40(28-31)43(2)38-23-18-34(19-24-38)35-20-25-39(26-21-35)44(42-27-22-33-13-6-7-14-36(33)30-42)41-17-9-15-37(29-41)32-11-4-3-5-12-32;1-31-15-22-38(23-16-31)43(2)39-24-17-34(18-25-39)35-19-26-40(27-20-35)44(42-28-21-33-11-6-7-12-36(33)30-42)41-14-8-13-37(29-41)32-9-4-3-5-10-32/h3-30H,1-2H3;2*3-30H,1-2H3. The second kappa shape index (κ2) is 39.7. The van der Waals surface area contributed by atoms with Crippen molar-refractivity contribution >= 4 is 118 Å². The van der Waals surface area contributed by atoms with E-state index in [0.29, 0.717) is 0 Å². The molecule has 0 aliphatic rings. The smallest absolute Gasteiger partial charge is 0.119 e. The minimum atomic E-state index is 0.856. The van der Waals surface area contributed by atoms with Crippen molar-refractivity contribution in [3.05, 3.63) is 521 Å². The van der Waals surface area contributed by atoms with Gasteiger partial charge in [-0.25, -0.2) is 0 Å². The van der Waals surface area contributed by atoms with Crippen LogP contribution in [-0.2, 0) is 0 Å². The Kier molecular flexibility index (Phi) is 25.5. The molecule has 0 spiro atoms. The zero-order chi connectivity index (χ0) is 90.4. The summed E-state index contributed by atoms with van der Waals surface area (Å²) < 4.78 is 5.31. The van der Waals surface area contributed by atoms with Crippen molar-refractivity contribution in [1.82, 2.24) is 0 Å². The Balaban J connectivity index is 0.000000129. The third kappa shape index (κ3) is 19.7. The third-order valence-electron chi connectivity index (χ3n) is 25.0. The van der Waals surface area contributed by atoms with Crippen molar-refractivity contribution in [3.63, 3.8) is 0 Å². The fourth-order valence-corrected chi connectivity index (χ4v) is 17.6. The Morgan fingerprint density at radius 2 is 0.361 bits per heavy atom. The third-order valence-corrected chi connectivity index (χ3v) is 25.0. The lowest BCUT2D eigenvalue weighted by Crippen LogP contribution is -2.10. The summed E-state index contributed by atoms with van der Waals surface area (Å²) >= 11 is 0. The summed E-state index contributed by atoms with van der Waals surface area (Å²) in [6, 6.07) is 182. The molecule has 0 aliphatic carbocycles. The number of nitrogens with zero attached hydrogens (tertiary/aromatic N) is 6. The van der Waals surface area contributed by atoms with E-state index in [2.05, 4.69) is 562 Å². The average Bonchev–Trinajstić information content (AvgIpc) is 0.787. The van der Waals surface area contributed by atoms with Crippen LogP contribution in [0, 0.1) is 13.8 Å². The quantitative estimate of drug-likeness (QED) is 0.0668. The highest BCUT2D eigenvalue weighted by molar-refractivity contribution is 5.94. The molecule has 0 aromatic heterocycles. The van der Waals surface area contributed by atoms with Crippen LogP contribution < -0.4 is 34.1 Å². The Hall–Kier alpha value is -17.0. The lowest BCUT2D eigenvalue weighted by Gasteiger charge is -2.26. The lowest BCUT2D eigenvalue weighted by atomic mass is 10.0. The zero-order valence-corrected chi connectivity index (χ0v) is 75.6. The maximum Gasteiger partial charge on any atom is 0.119 e. The summed E-state index contributed by atoms with van der Waals surface area (Å²) in [5, 5.41) is 7.37. The molecule has 0 aliphatic heterocycles. The second-order valence-electron chi connectivity index (χ2n) is 33.7. The molecule has 0 heterocycles. The highest BCUT2D eigenvalue weighted by Gasteiger charge is 2.21. The number of anilines is 15. The lowest BCUT2D eigenvalue weighted by molar-refractivity contribution is 0.415. The molecule has 21 rings (SSSR count). The Labute approximate surface area is 781 Å². The zero-order valence-electron chi connectivity index (χ0n) is 75.6. The van der Waals surface area contributed by atoms with Crippen LogP contribution in [0.4, 0.5) is 85.3 Å². The van der Waals surface area contributed by atoms with Gasteiger partial charge in [-0.1, -0.05) is 321 Å². The molecule has 0 fully saturated rings. The van der Waals surface area contributed by atoms with Gasteiger partial charge in [-0.3, -0.25) is 0 Å². The number of ether oxygens (including phenoxy) is 1. The summed E-state index contributed by atoms with van der Waals surface area (Å²) in [5.74, 6) is 0.856. The topological polar surface area (TPSA) is 28.7 Å². The van der Waals surface area contributed by atoms with Gasteiger partial charge in [-0.2, -0.15) is 0 Å². The van der Waals surface area contributed by atoms with Crippen LogP contribution in [0.3, 0.4) is 0 Å². The van der Waals surface area contributed by atoms with Crippen LogP contribution in [-0.4, -0.2) is 28.3 Å². The van der Waals surface area contributed by atoms with E-state index in [1.807, 2.05) is 12.1 Å². The van der Waals surface area contributed by atoms with Gasteiger partial charge in [0.15, 0.2) is 0 Å². The molecule has 0 amide bonds. The SMILES string of the molecule is COc1ccc(N(C)c2ccc(-c3ccc(N(c4cccc(-c5ccccc5)c4)c4ccc5ccccc5c4)cc3)cc2)cc1.Cc1ccc(N(C)c2ccc(-c3ccc(N(c4cccc(-c5ccccc5)c4)c4ccc5ccccc5c4)cc3)cc2)cc1.Cc1cccc(N(C)c2ccc(-c3ccc(N(c4cccc(-c5ccccc5)c4)c4ccc5ccccc5c4)cc3)cc2)c1. The molecule has 0 bridgehead atoms. The van der Waals surface area contributed by atoms with E-state index in [9.17, 15) is 0 Å². The van der Waals surface area contributed by atoms with E-state index in [0.717, 1.165) is 79.7 Å². The van der Waals surface area contributed by atoms with E-state index in [4.69, 9.17) is 4.74 Å². The van der Waals surface area contributed by atoms with Gasteiger partial charge in [0.05, 0.1) is 7.11 Å². The van der Waals surface area contributed by atoms with Crippen molar-refractivity contribution in [2.24, 2.45) is 0 Å². The van der Waals surface area contributed by atoms with Crippen LogP contribution in [0.5, 0.6) is 5.75 Å². The van der Waals surface area contributed by atoms with Crippen molar-refractivity contribution in [1.29, 1.82) is 0 Å². The highest BCUT2D eigenvalue weighted by Crippen LogP contribution is 2.45. The van der Waals surface area contributed by atoms with Gasteiger partial charge in [0.2, 0.25) is 0 Å². The number of hydrogen-bond donors (Lipinski definition) is 0. The number of benzene rings is 21. The molecular weight excluding hydrogens is 1610 g/mol. The number of methoxy groups -OCH3 is 1. The van der Waals surface area contributed by atoms with Gasteiger partial charge >= 0.3 is 0 Å². The van der Waals surface area contributed by atoms with Crippen LogP contribution in [0.2, 0.25) is 0 Å². The van der Waals surface area contributed by atoms with Gasteiger partial charge in [0, 0.05) is 106 Å². The number of hydrogen-bond acceptors (Lipinski definition) is 7. The van der Waals surface area contributed by atoms with Gasteiger partial charge in [-0.15, -0.1) is 0 Å². The first-order valence-corrected chi connectivity index (χ1v) is 45.3. The Morgan fingerprint density at radius 1 is 0.143 bits per heavy atom. The van der Waals surface area contributed by atoms with Crippen LogP contribution >= 0.6 is 0 Å². The molecule has 0 radical (unpaired) electrons. The van der Waals surface area contributed by atoms with E-state index in [1.54, 1.807) is 7.11 Å². The molecule has 7 heteroatoms. The molecular formula is C126H102N6O. The molecule has 0 atom stereocenters. The predicted molar refractivity (Wildman–Crippen MR) is 568 cm³/mol. The molecule has 133 heavy (non-hydrogen) atoms. The second-order valence-corrected chi connectivity index (χ2v) is 33.7. The van der Waals surface area contributed by atoms with Gasteiger partial charge in [0.1, 0.15) is 5.75 Å². The molecule has 21 aromatic rings. The maximum absolute atomic E-state index is 5.31. The highest BCUT2D eigenvalue weighted by atomic mass is 16.5. The first-order chi connectivity index (χ1) is 65.4. The first-order valence-electron chi connectivity index (χ1n) is 45.3. The Bertz CT molecular complexity index is 7500. The Morgan fingerprint density at radius 3 is 0.654 bits per heavy atom. The van der Waals surface area contributed by atoms with E-state index >= 15 is 0 Å². The van der Waals surface area contributed by atoms with E-state index < -0.39 is 0 Å². The fraction of sp³-hybridized carbons (Fsp3) is 0.0476. The monoisotopic (exact) mass is 1710 g/mol. The molecule has 642 valence electrons. The molecule has 0 saturated carbocycles. The number of fused-ring (bicyclic) bond motifs is 3. The normalized spacial score (nSPS) is 10.9. The van der Waals surface area contributed by atoms with Gasteiger partial charge in [0.25, 0.3) is 0 Å². The van der Waals surface area contributed by atoms with Crippen LogP contribution in [0.25, 0.3) is 99.1 Å². The van der Waals surface area contributed by atoms with Crippen molar-refractivity contribution in [2.75, 3.05) is 57.7 Å². The van der Waals surface area contributed by atoms with Crippen LogP contribution in [0.15, 0.2) is 510 Å². The van der Waals surface area contributed by atoms with Crippen molar-refractivity contribution < 1.29 is 4.74 Å². The molecule has 21 aromatic carbocycles. The van der Waals surface area contributed by atoms with Gasteiger partial charge < -0.3 is 34.1 Å².